The van der Waals surface area contributed by atoms with Gasteiger partial charge >= 0.3 is 0 Å². The van der Waals surface area contributed by atoms with Crippen molar-refractivity contribution in [1.82, 2.24) is 15.0 Å². The molecule has 6 heteroatoms. The molecule has 0 fully saturated rings. The molecule has 1 aromatic carbocycles. The van der Waals surface area contributed by atoms with Gasteiger partial charge in [0.15, 0.2) is 0 Å². The zero-order chi connectivity index (χ0) is 17.0. The van der Waals surface area contributed by atoms with Crippen LogP contribution in [-0.4, -0.2) is 20.9 Å². The number of fused-ring (bicyclic) bond motifs is 1. The molecule has 0 saturated heterocycles. The third-order valence-electron chi connectivity index (χ3n) is 3.91. The Morgan fingerprint density at radius 1 is 1.30 bits per heavy atom. The lowest BCUT2D eigenvalue weighted by Gasteiger charge is -2.17. The number of nitrogens with zero attached hydrogens (tertiary/aromatic N) is 1. The second-order valence-corrected chi connectivity index (χ2v) is 5.95. The minimum absolute atomic E-state index is 0.328. The number of carbonyl (C=O) groups is 1. The number of H-pyrrole nitrogens is 2. The van der Waals surface area contributed by atoms with Gasteiger partial charge in [0.1, 0.15) is 5.82 Å². The molecule has 1 amide bonds. The molecule has 0 radical (unpaired) electrons. The number of nitrogens with one attached hydrogen (secondary N) is 2. The Labute approximate surface area is 135 Å². The van der Waals surface area contributed by atoms with Crippen LogP contribution in [0, 0.1) is 6.92 Å². The van der Waals surface area contributed by atoms with Gasteiger partial charge in [-0.3, -0.25) is 4.79 Å². The molecule has 0 bridgehead atoms. The van der Waals surface area contributed by atoms with Crippen molar-refractivity contribution >= 4 is 16.8 Å². The number of imidazole rings is 1. The molecule has 2 heterocycles. The summed E-state index contributed by atoms with van der Waals surface area (Å²) in [7, 11) is 0. The number of primary amides is 1. The molecular weight excluding hydrogens is 290 g/mol. The van der Waals surface area contributed by atoms with Crippen LogP contribution < -0.4 is 11.5 Å². The number of hydrogen-bond donors (Lipinski definition) is 4. The van der Waals surface area contributed by atoms with E-state index in [0.29, 0.717) is 18.1 Å². The van der Waals surface area contributed by atoms with E-state index in [1.807, 2.05) is 12.3 Å². The Morgan fingerprint density at radius 2 is 2.00 bits per heavy atom. The zero-order valence-corrected chi connectivity index (χ0v) is 13.7. The smallest absolute Gasteiger partial charge is 0.229 e. The van der Waals surface area contributed by atoms with Gasteiger partial charge in [-0.05, 0) is 32.4 Å². The van der Waals surface area contributed by atoms with Crippen molar-refractivity contribution in [1.29, 1.82) is 0 Å². The van der Waals surface area contributed by atoms with E-state index in [-0.39, 0.29) is 5.91 Å². The minimum Gasteiger partial charge on any atom is -0.369 e. The first-order valence-corrected chi connectivity index (χ1v) is 7.43. The van der Waals surface area contributed by atoms with Crippen molar-refractivity contribution in [3.8, 4) is 0 Å². The molecule has 6 N–H and O–H groups in total. The van der Waals surface area contributed by atoms with E-state index < -0.39 is 5.41 Å². The topological polar surface area (TPSA) is 114 Å². The summed E-state index contributed by atoms with van der Waals surface area (Å²) in [5.41, 5.74) is 13.1. The summed E-state index contributed by atoms with van der Waals surface area (Å²) in [5.74, 6) is 0.268. The summed E-state index contributed by atoms with van der Waals surface area (Å²) in [6, 6.07) is 8.31. The Hall–Kier alpha value is -2.60. The average Bonchev–Trinajstić information content (AvgIpc) is 3.16. The lowest BCUT2D eigenvalue weighted by Crippen LogP contribution is -2.35. The highest BCUT2D eigenvalue weighted by molar-refractivity contribution is 5.85. The predicted octanol–water partition coefficient (Wildman–Crippen LogP) is 2.11. The number of hydrogen-bond acceptors (Lipinski definition) is 3. The molecule has 0 aliphatic rings. The van der Waals surface area contributed by atoms with Crippen LogP contribution in [0.3, 0.4) is 0 Å². The standard InChI is InChI=1S/C9H9N.C8H14N4O/c1-7-6-10-9-5-3-2-4-8(7)9;1-8(2,7(10)13)5-4-11-6(3-9)12-5/h2-6,10H,1H3;4H,3,9H2,1-2H3,(H2,10,13)(H,11,12). The Bertz CT molecular complexity index is 800. The number of benzene rings is 1. The van der Waals surface area contributed by atoms with Crippen LogP contribution in [0.15, 0.2) is 36.7 Å². The lowest BCUT2D eigenvalue weighted by molar-refractivity contribution is -0.122. The fourth-order valence-electron chi connectivity index (χ4n) is 2.13. The van der Waals surface area contributed by atoms with Crippen LogP contribution in [0.1, 0.15) is 30.9 Å². The van der Waals surface area contributed by atoms with Gasteiger partial charge in [-0.25, -0.2) is 4.98 Å². The first kappa shape index (κ1) is 16.8. The molecule has 0 saturated carbocycles. The molecule has 0 spiro atoms. The summed E-state index contributed by atoms with van der Waals surface area (Å²) in [5, 5.41) is 1.32. The number of aryl methyl sites for hydroxylation is 1. The van der Waals surface area contributed by atoms with Crippen molar-refractivity contribution < 1.29 is 4.79 Å². The molecule has 23 heavy (non-hydrogen) atoms. The molecule has 6 nitrogen and oxygen atoms in total. The van der Waals surface area contributed by atoms with Gasteiger partial charge in [-0.1, -0.05) is 18.2 Å². The maximum absolute atomic E-state index is 11.1. The summed E-state index contributed by atoms with van der Waals surface area (Å²) >= 11 is 0. The van der Waals surface area contributed by atoms with Crippen molar-refractivity contribution in [3.05, 3.63) is 53.7 Å². The SMILES string of the molecule is CC(C)(C(N)=O)c1cnc(CN)[nH]1.Cc1c[nH]c2ccccc12. The summed E-state index contributed by atoms with van der Waals surface area (Å²) in [6.07, 6.45) is 3.62. The van der Waals surface area contributed by atoms with Gasteiger partial charge in [-0.2, -0.15) is 0 Å². The number of aromatic nitrogens is 3. The number of amides is 1. The van der Waals surface area contributed by atoms with Gasteiger partial charge < -0.3 is 21.4 Å². The van der Waals surface area contributed by atoms with Crippen molar-refractivity contribution in [3.63, 3.8) is 0 Å². The zero-order valence-electron chi connectivity index (χ0n) is 13.7. The third kappa shape index (κ3) is 3.60. The van der Waals surface area contributed by atoms with Gasteiger partial charge in [0.2, 0.25) is 5.91 Å². The first-order chi connectivity index (χ1) is 10.9. The number of nitrogens with two attached hydrogens (primary N) is 2. The fraction of sp³-hybridized carbons (Fsp3) is 0.294. The molecule has 0 aliphatic heterocycles. The van der Waals surface area contributed by atoms with Crippen LogP contribution in [0.4, 0.5) is 0 Å². The van der Waals surface area contributed by atoms with Gasteiger partial charge in [0.25, 0.3) is 0 Å². The Morgan fingerprint density at radius 3 is 2.57 bits per heavy atom. The number of para-hydroxylation sites is 1. The van der Waals surface area contributed by atoms with Crippen molar-refractivity contribution in [2.45, 2.75) is 32.7 Å². The maximum Gasteiger partial charge on any atom is 0.229 e. The second-order valence-electron chi connectivity index (χ2n) is 5.95. The molecule has 3 rings (SSSR count). The van der Waals surface area contributed by atoms with Crippen LogP contribution in [0.5, 0.6) is 0 Å². The minimum atomic E-state index is -0.722. The molecule has 0 atom stereocenters. The largest absolute Gasteiger partial charge is 0.369 e. The van der Waals surface area contributed by atoms with E-state index in [1.54, 1.807) is 20.0 Å². The van der Waals surface area contributed by atoms with Gasteiger partial charge in [-0.15, -0.1) is 0 Å². The van der Waals surface area contributed by atoms with E-state index in [0.717, 1.165) is 0 Å². The van der Waals surface area contributed by atoms with Crippen molar-refractivity contribution in [2.24, 2.45) is 11.5 Å². The van der Waals surface area contributed by atoms with Gasteiger partial charge in [0.05, 0.1) is 12.0 Å². The van der Waals surface area contributed by atoms with E-state index in [9.17, 15) is 4.79 Å². The van der Waals surface area contributed by atoms with Crippen LogP contribution in [0.25, 0.3) is 10.9 Å². The summed E-state index contributed by atoms with van der Waals surface area (Å²) in [4.78, 5) is 21.2. The monoisotopic (exact) mass is 313 g/mol. The normalized spacial score (nSPS) is 11.1. The van der Waals surface area contributed by atoms with Crippen molar-refractivity contribution in [2.75, 3.05) is 0 Å². The quantitative estimate of drug-likeness (QED) is 0.593. The predicted molar refractivity (Wildman–Crippen MR) is 91.7 cm³/mol. The fourth-order valence-corrected chi connectivity index (χ4v) is 2.13. The molecule has 0 unspecified atom stereocenters. The number of rotatable bonds is 3. The number of aromatic amines is 2. The maximum atomic E-state index is 11.1. The van der Waals surface area contributed by atoms with E-state index in [2.05, 4.69) is 40.1 Å². The van der Waals surface area contributed by atoms with E-state index in [4.69, 9.17) is 11.5 Å². The van der Waals surface area contributed by atoms with E-state index >= 15 is 0 Å². The van der Waals surface area contributed by atoms with Gasteiger partial charge in [0, 0.05) is 29.0 Å². The molecule has 122 valence electrons. The Kier molecular flexibility index (Phi) is 4.86. The van der Waals surface area contributed by atoms with Crippen LogP contribution in [0.2, 0.25) is 0 Å². The lowest BCUT2D eigenvalue weighted by atomic mass is 9.89. The highest BCUT2D eigenvalue weighted by Gasteiger charge is 2.29. The van der Waals surface area contributed by atoms with Crippen LogP contribution >= 0.6 is 0 Å². The third-order valence-corrected chi connectivity index (χ3v) is 3.91. The molecule has 3 aromatic rings. The average molecular weight is 313 g/mol. The second kappa shape index (κ2) is 6.66. The molecular formula is C17H23N5O. The molecule has 0 aliphatic carbocycles. The summed E-state index contributed by atoms with van der Waals surface area (Å²) < 4.78 is 0. The first-order valence-electron chi connectivity index (χ1n) is 7.43. The Balaban J connectivity index is 0.000000172. The van der Waals surface area contributed by atoms with E-state index in [1.165, 1.54) is 16.5 Å². The number of carbonyl (C=O) groups excluding carboxylic acids is 1. The highest BCUT2D eigenvalue weighted by Crippen LogP contribution is 2.20. The molecule has 2 aromatic heterocycles. The summed E-state index contributed by atoms with van der Waals surface area (Å²) in [6.45, 7) is 5.92. The van der Waals surface area contributed by atoms with Crippen LogP contribution in [-0.2, 0) is 16.8 Å². The highest BCUT2D eigenvalue weighted by atomic mass is 16.1.